The van der Waals surface area contributed by atoms with Gasteiger partial charge in [-0.15, -0.1) is 11.3 Å². The fourth-order valence-electron chi connectivity index (χ4n) is 4.12. The Bertz CT molecular complexity index is 1410. The highest BCUT2D eigenvalue weighted by Crippen LogP contribution is 2.44. The lowest BCUT2D eigenvalue weighted by atomic mass is 10.0. The van der Waals surface area contributed by atoms with Gasteiger partial charge in [-0.25, -0.2) is 9.97 Å². The van der Waals surface area contributed by atoms with Gasteiger partial charge in [0.05, 0.1) is 21.1 Å². The summed E-state index contributed by atoms with van der Waals surface area (Å²) in [6, 6.07) is 41.7. The summed E-state index contributed by atoms with van der Waals surface area (Å²) in [5.74, 6) is 0. The Morgan fingerprint density at radius 3 is 1.00 bits per heavy atom. The molecule has 0 unspecified atom stereocenters. The van der Waals surface area contributed by atoms with Crippen LogP contribution in [0.3, 0.4) is 0 Å². The molecule has 0 saturated heterocycles. The van der Waals surface area contributed by atoms with Gasteiger partial charge in [-0.05, 0) is 11.1 Å². The second-order valence-corrected chi connectivity index (χ2v) is 8.86. The summed E-state index contributed by atoms with van der Waals surface area (Å²) < 4.78 is 0. The third-order valence-corrected chi connectivity index (χ3v) is 6.96. The number of nitrogens with zero attached hydrogens (tertiary/aromatic N) is 2. The van der Waals surface area contributed by atoms with Crippen LogP contribution < -0.4 is 0 Å². The lowest BCUT2D eigenvalue weighted by molar-refractivity contribution is 1.30. The van der Waals surface area contributed by atoms with Gasteiger partial charge >= 0.3 is 0 Å². The molecule has 0 radical (unpaired) electrons. The van der Waals surface area contributed by atoms with Crippen LogP contribution in [0.25, 0.3) is 54.4 Å². The van der Waals surface area contributed by atoms with E-state index in [1.165, 1.54) is 0 Å². The molecule has 0 atom stereocenters. The second kappa shape index (κ2) is 8.45. The van der Waals surface area contributed by atoms with Gasteiger partial charge < -0.3 is 0 Å². The van der Waals surface area contributed by atoms with E-state index in [1.54, 1.807) is 11.3 Å². The largest absolute Gasteiger partial charge is 0.242 e. The van der Waals surface area contributed by atoms with Crippen LogP contribution >= 0.6 is 11.3 Å². The van der Waals surface area contributed by atoms with E-state index in [2.05, 4.69) is 97.1 Å². The Labute approximate surface area is 196 Å². The van der Waals surface area contributed by atoms with Crippen molar-refractivity contribution in [1.82, 2.24) is 9.97 Å². The Morgan fingerprint density at radius 2 is 0.667 bits per heavy atom. The van der Waals surface area contributed by atoms with Crippen molar-refractivity contribution in [1.29, 1.82) is 0 Å². The van der Waals surface area contributed by atoms with E-state index in [0.29, 0.717) is 0 Å². The molecule has 0 aliphatic heterocycles. The molecule has 33 heavy (non-hydrogen) atoms. The molecule has 6 aromatic rings. The Kier molecular flexibility index (Phi) is 5.02. The minimum absolute atomic E-state index is 0.906. The SMILES string of the molecule is c1ccc(-c2nc3c(-c4ccccc4)sc(-c4ccccc4)c3nc2-c2ccccc2)cc1. The molecule has 2 heterocycles. The second-order valence-electron chi connectivity index (χ2n) is 7.84. The van der Waals surface area contributed by atoms with Crippen LogP contribution in [0.15, 0.2) is 121 Å². The van der Waals surface area contributed by atoms with Crippen LogP contribution in [0.1, 0.15) is 0 Å². The molecule has 2 aromatic heterocycles. The molecule has 0 fully saturated rings. The van der Waals surface area contributed by atoms with Gasteiger partial charge in [0.2, 0.25) is 0 Å². The number of aromatic nitrogens is 2. The summed E-state index contributed by atoms with van der Waals surface area (Å²) in [5.41, 5.74) is 8.17. The lowest BCUT2D eigenvalue weighted by Gasteiger charge is -2.10. The molecule has 4 aromatic carbocycles. The van der Waals surface area contributed by atoms with E-state index in [-0.39, 0.29) is 0 Å². The van der Waals surface area contributed by atoms with Crippen molar-refractivity contribution in [2.75, 3.05) is 0 Å². The molecule has 0 spiro atoms. The number of rotatable bonds is 4. The Morgan fingerprint density at radius 1 is 0.364 bits per heavy atom. The quantitative estimate of drug-likeness (QED) is 0.275. The van der Waals surface area contributed by atoms with Crippen LogP contribution in [-0.2, 0) is 0 Å². The number of benzene rings is 4. The summed E-state index contributed by atoms with van der Waals surface area (Å²) in [7, 11) is 0. The van der Waals surface area contributed by atoms with Crippen molar-refractivity contribution in [3.8, 4) is 43.4 Å². The normalized spacial score (nSPS) is 11.0. The monoisotopic (exact) mass is 440 g/mol. The molecular weight excluding hydrogens is 420 g/mol. The standard InChI is InChI=1S/C30H20N2S/c1-5-13-21(14-6-1)25-26(22-15-7-2-8-16-22)32-28-27(31-25)29(23-17-9-3-10-18-23)33-30(28)24-19-11-4-12-20-24/h1-20H. The Balaban J connectivity index is 1.72. The van der Waals surface area contributed by atoms with E-state index in [0.717, 1.165) is 54.4 Å². The lowest BCUT2D eigenvalue weighted by Crippen LogP contribution is -1.95. The highest BCUT2D eigenvalue weighted by Gasteiger charge is 2.21. The van der Waals surface area contributed by atoms with Gasteiger partial charge in [-0.3, -0.25) is 0 Å². The van der Waals surface area contributed by atoms with E-state index in [9.17, 15) is 0 Å². The van der Waals surface area contributed by atoms with Crippen LogP contribution in [0.4, 0.5) is 0 Å². The van der Waals surface area contributed by atoms with Crippen molar-refractivity contribution in [2.24, 2.45) is 0 Å². The average Bonchev–Trinajstić information content (AvgIpc) is 3.29. The highest BCUT2D eigenvalue weighted by molar-refractivity contribution is 7.20. The molecule has 0 aliphatic carbocycles. The third kappa shape index (κ3) is 3.63. The van der Waals surface area contributed by atoms with Gasteiger partial charge in [0.15, 0.2) is 0 Å². The zero-order valence-corrected chi connectivity index (χ0v) is 18.7. The first-order valence-electron chi connectivity index (χ1n) is 10.9. The van der Waals surface area contributed by atoms with Gasteiger partial charge in [0.1, 0.15) is 11.0 Å². The zero-order valence-electron chi connectivity index (χ0n) is 17.8. The topological polar surface area (TPSA) is 25.8 Å². The van der Waals surface area contributed by atoms with Crippen molar-refractivity contribution < 1.29 is 0 Å². The third-order valence-electron chi connectivity index (χ3n) is 5.70. The zero-order chi connectivity index (χ0) is 22.0. The maximum Gasteiger partial charge on any atom is 0.109 e. The number of thiophene rings is 1. The molecule has 0 bridgehead atoms. The van der Waals surface area contributed by atoms with Crippen molar-refractivity contribution in [2.45, 2.75) is 0 Å². The van der Waals surface area contributed by atoms with E-state index in [1.807, 2.05) is 24.3 Å². The van der Waals surface area contributed by atoms with E-state index < -0.39 is 0 Å². The molecule has 156 valence electrons. The highest BCUT2D eigenvalue weighted by atomic mass is 32.1. The molecule has 6 rings (SSSR count). The number of hydrogen-bond donors (Lipinski definition) is 0. The summed E-state index contributed by atoms with van der Waals surface area (Å²) in [6.45, 7) is 0. The van der Waals surface area contributed by atoms with E-state index >= 15 is 0 Å². The smallest absolute Gasteiger partial charge is 0.109 e. The summed E-state index contributed by atoms with van der Waals surface area (Å²) in [5, 5.41) is 0. The predicted octanol–water partition coefficient (Wildman–Crippen LogP) is 8.36. The molecular formula is C30H20N2S. The molecule has 2 nitrogen and oxygen atoms in total. The first-order valence-corrected chi connectivity index (χ1v) is 11.8. The van der Waals surface area contributed by atoms with E-state index in [4.69, 9.17) is 9.97 Å². The van der Waals surface area contributed by atoms with Gasteiger partial charge in [0.25, 0.3) is 0 Å². The van der Waals surface area contributed by atoms with Crippen LogP contribution in [-0.4, -0.2) is 9.97 Å². The summed E-state index contributed by atoms with van der Waals surface area (Å²) in [4.78, 5) is 12.9. The number of fused-ring (bicyclic) bond motifs is 1. The minimum Gasteiger partial charge on any atom is -0.242 e. The molecule has 0 amide bonds. The van der Waals surface area contributed by atoms with Gasteiger partial charge in [-0.2, -0.15) is 0 Å². The van der Waals surface area contributed by atoms with Crippen LogP contribution in [0.2, 0.25) is 0 Å². The van der Waals surface area contributed by atoms with Gasteiger partial charge in [0, 0.05) is 11.1 Å². The molecule has 3 heteroatoms. The number of hydrogen-bond acceptors (Lipinski definition) is 3. The first kappa shape index (κ1) is 19.6. The van der Waals surface area contributed by atoms with Crippen LogP contribution in [0.5, 0.6) is 0 Å². The fourth-order valence-corrected chi connectivity index (χ4v) is 5.31. The first-order chi connectivity index (χ1) is 16.4. The molecule has 0 aliphatic rings. The molecule has 0 saturated carbocycles. The predicted molar refractivity (Wildman–Crippen MR) is 139 cm³/mol. The fraction of sp³-hybridized carbons (Fsp3) is 0. The minimum atomic E-state index is 0.906. The van der Waals surface area contributed by atoms with Crippen LogP contribution in [0, 0.1) is 0 Å². The van der Waals surface area contributed by atoms with Gasteiger partial charge in [-0.1, -0.05) is 121 Å². The van der Waals surface area contributed by atoms with Crippen molar-refractivity contribution in [3.63, 3.8) is 0 Å². The Hall–Kier alpha value is -4.08. The average molecular weight is 441 g/mol. The summed E-state index contributed by atoms with van der Waals surface area (Å²) in [6.07, 6.45) is 0. The summed E-state index contributed by atoms with van der Waals surface area (Å²) >= 11 is 1.76. The maximum atomic E-state index is 5.29. The van der Waals surface area contributed by atoms with Crippen molar-refractivity contribution >= 4 is 22.4 Å². The molecule has 0 N–H and O–H groups in total. The maximum absolute atomic E-state index is 5.29. The van der Waals surface area contributed by atoms with Crippen molar-refractivity contribution in [3.05, 3.63) is 121 Å².